The maximum absolute atomic E-state index is 12.2. The molecule has 0 spiro atoms. The van der Waals surface area contributed by atoms with Crippen LogP contribution in [0.4, 0.5) is 0 Å². The number of amides is 1. The number of rotatable bonds is 2. The van der Waals surface area contributed by atoms with Crippen LogP contribution in [0.3, 0.4) is 0 Å². The lowest BCUT2D eigenvalue weighted by Gasteiger charge is -2.18. The zero-order valence-corrected chi connectivity index (χ0v) is 10.1. The maximum Gasteiger partial charge on any atom is 0.227 e. The van der Waals surface area contributed by atoms with Crippen molar-refractivity contribution in [2.75, 3.05) is 19.6 Å². The van der Waals surface area contributed by atoms with E-state index >= 15 is 0 Å². The quantitative estimate of drug-likeness (QED) is 0.827. The van der Waals surface area contributed by atoms with Gasteiger partial charge in [-0.1, -0.05) is 29.8 Å². The second-order valence-corrected chi connectivity index (χ2v) is 5.23. The fourth-order valence-corrected chi connectivity index (χ4v) is 2.99. The van der Waals surface area contributed by atoms with E-state index in [1.165, 1.54) is 11.1 Å². The van der Waals surface area contributed by atoms with Crippen molar-refractivity contribution >= 4 is 5.91 Å². The van der Waals surface area contributed by atoms with Gasteiger partial charge in [-0.2, -0.15) is 0 Å². The molecule has 17 heavy (non-hydrogen) atoms. The third-order valence-electron chi connectivity index (χ3n) is 3.88. The number of hydrogen-bond acceptors (Lipinski definition) is 2. The average molecular weight is 230 g/mol. The molecule has 0 unspecified atom stereocenters. The highest BCUT2D eigenvalue weighted by Gasteiger charge is 2.42. The molecule has 2 aliphatic rings. The van der Waals surface area contributed by atoms with Gasteiger partial charge in [-0.15, -0.1) is 0 Å². The first-order valence-electron chi connectivity index (χ1n) is 6.29. The number of hydrogen-bond donors (Lipinski definition) is 1. The minimum absolute atomic E-state index is 0.236. The molecule has 90 valence electrons. The Balaban J connectivity index is 1.72. The highest BCUT2D eigenvalue weighted by atomic mass is 16.2. The van der Waals surface area contributed by atoms with Crippen LogP contribution in [-0.4, -0.2) is 30.4 Å². The lowest BCUT2D eigenvalue weighted by molar-refractivity contribution is -0.131. The Morgan fingerprint density at radius 3 is 3.06 bits per heavy atom. The topological polar surface area (TPSA) is 32.3 Å². The first kappa shape index (κ1) is 10.8. The number of nitrogens with zero attached hydrogens (tertiary/aromatic N) is 1. The molecular weight excluding hydrogens is 212 g/mol. The summed E-state index contributed by atoms with van der Waals surface area (Å²) in [5.74, 6) is 1.11. The zero-order valence-electron chi connectivity index (χ0n) is 10.1. The standard InChI is InChI=1S/C14H18N2O/c1-10-3-2-4-11(5-10)8-16-9-12-6-15-7-13(12)14(16)17/h2-5,12-13,15H,6-9H2,1H3/t12-,13-/m0/s1. The van der Waals surface area contributed by atoms with Crippen molar-refractivity contribution in [1.82, 2.24) is 10.2 Å². The normalized spacial score (nSPS) is 27.6. The van der Waals surface area contributed by atoms with Gasteiger partial charge >= 0.3 is 0 Å². The molecule has 3 nitrogen and oxygen atoms in total. The molecular formula is C14H18N2O. The summed E-state index contributed by atoms with van der Waals surface area (Å²) in [4.78, 5) is 14.2. The predicted molar refractivity (Wildman–Crippen MR) is 66.4 cm³/mol. The van der Waals surface area contributed by atoms with E-state index in [9.17, 15) is 4.79 Å². The van der Waals surface area contributed by atoms with Crippen LogP contribution in [0, 0.1) is 18.8 Å². The molecule has 2 aliphatic heterocycles. The molecule has 0 saturated carbocycles. The van der Waals surface area contributed by atoms with E-state index in [4.69, 9.17) is 0 Å². The fourth-order valence-electron chi connectivity index (χ4n) is 2.99. The Kier molecular flexibility index (Phi) is 2.63. The zero-order chi connectivity index (χ0) is 11.8. The van der Waals surface area contributed by atoms with Crippen molar-refractivity contribution in [3.63, 3.8) is 0 Å². The van der Waals surface area contributed by atoms with Crippen LogP contribution < -0.4 is 5.32 Å². The van der Waals surface area contributed by atoms with E-state index in [0.717, 1.165) is 26.2 Å². The van der Waals surface area contributed by atoms with Gasteiger partial charge in [0.1, 0.15) is 0 Å². The summed E-state index contributed by atoms with van der Waals surface area (Å²) in [6.45, 7) is 5.65. The van der Waals surface area contributed by atoms with Gasteiger partial charge in [0.25, 0.3) is 0 Å². The number of carbonyl (C=O) groups is 1. The summed E-state index contributed by atoms with van der Waals surface area (Å²) in [5.41, 5.74) is 2.50. The van der Waals surface area contributed by atoms with Gasteiger partial charge in [0, 0.05) is 32.1 Å². The van der Waals surface area contributed by atoms with E-state index < -0.39 is 0 Å². The number of likely N-dealkylation sites (tertiary alicyclic amines) is 1. The Bertz CT molecular complexity index is 444. The van der Waals surface area contributed by atoms with E-state index in [1.807, 2.05) is 4.90 Å². The Morgan fingerprint density at radius 2 is 2.29 bits per heavy atom. The molecule has 3 rings (SSSR count). The molecule has 1 amide bonds. The smallest absolute Gasteiger partial charge is 0.227 e. The third-order valence-corrected chi connectivity index (χ3v) is 3.88. The van der Waals surface area contributed by atoms with Crippen LogP contribution in [-0.2, 0) is 11.3 Å². The second-order valence-electron chi connectivity index (χ2n) is 5.23. The Hall–Kier alpha value is -1.35. The summed E-state index contributed by atoms with van der Waals surface area (Å²) in [6.07, 6.45) is 0. The SMILES string of the molecule is Cc1cccc(CN2C[C@@H]3CNC[C@@H]3C2=O)c1. The van der Waals surface area contributed by atoms with Crippen LogP contribution in [0.2, 0.25) is 0 Å². The van der Waals surface area contributed by atoms with Gasteiger partial charge in [0.2, 0.25) is 5.91 Å². The Labute approximate surface area is 102 Å². The lowest BCUT2D eigenvalue weighted by Crippen LogP contribution is -2.30. The summed E-state index contributed by atoms with van der Waals surface area (Å²) < 4.78 is 0. The van der Waals surface area contributed by atoms with Gasteiger partial charge < -0.3 is 10.2 Å². The predicted octanol–water partition coefficient (Wildman–Crippen LogP) is 1.17. The van der Waals surface area contributed by atoms with Gasteiger partial charge in [-0.25, -0.2) is 0 Å². The van der Waals surface area contributed by atoms with Gasteiger partial charge in [0.15, 0.2) is 0 Å². The molecule has 2 fully saturated rings. The maximum atomic E-state index is 12.2. The van der Waals surface area contributed by atoms with Crippen LogP contribution in [0.25, 0.3) is 0 Å². The van der Waals surface area contributed by atoms with Crippen LogP contribution in [0.1, 0.15) is 11.1 Å². The minimum atomic E-state index is 0.236. The molecule has 3 heteroatoms. The van der Waals surface area contributed by atoms with E-state index in [-0.39, 0.29) is 5.92 Å². The lowest BCUT2D eigenvalue weighted by atomic mass is 10.0. The summed E-state index contributed by atoms with van der Waals surface area (Å²) in [6, 6.07) is 8.42. The van der Waals surface area contributed by atoms with Crippen molar-refractivity contribution < 1.29 is 4.79 Å². The number of benzene rings is 1. The second kappa shape index (κ2) is 4.15. The molecule has 1 N–H and O–H groups in total. The van der Waals surface area contributed by atoms with Gasteiger partial charge in [-0.05, 0) is 12.5 Å². The molecule has 0 bridgehead atoms. The van der Waals surface area contributed by atoms with E-state index in [0.29, 0.717) is 11.8 Å². The molecule has 2 heterocycles. The molecule has 0 aromatic heterocycles. The monoisotopic (exact) mass is 230 g/mol. The molecule has 1 aromatic rings. The average Bonchev–Trinajstić information content (AvgIpc) is 2.84. The fraction of sp³-hybridized carbons (Fsp3) is 0.500. The largest absolute Gasteiger partial charge is 0.338 e. The van der Waals surface area contributed by atoms with Crippen molar-refractivity contribution in [3.8, 4) is 0 Å². The van der Waals surface area contributed by atoms with Gasteiger partial charge in [0.05, 0.1) is 5.92 Å². The molecule has 2 saturated heterocycles. The molecule has 2 atom stereocenters. The van der Waals surface area contributed by atoms with E-state index in [2.05, 4.69) is 36.5 Å². The Morgan fingerprint density at radius 1 is 1.41 bits per heavy atom. The summed E-state index contributed by atoms with van der Waals surface area (Å²) >= 11 is 0. The molecule has 0 radical (unpaired) electrons. The van der Waals surface area contributed by atoms with Crippen LogP contribution in [0.15, 0.2) is 24.3 Å². The summed E-state index contributed by atoms with van der Waals surface area (Å²) in [5, 5.41) is 3.30. The molecule has 0 aliphatic carbocycles. The van der Waals surface area contributed by atoms with Crippen LogP contribution >= 0.6 is 0 Å². The number of nitrogens with one attached hydrogen (secondary N) is 1. The minimum Gasteiger partial charge on any atom is -0.338 e. The van der Waals surface area contributed by atoms with Crippen molar-refractivity contribution in [3.05, 3.63) is 35.4 Å². The third kappa shape index (κ3) is 1.95. The number of aryl methyl sites for hydroxylation is 1. The highest BCUT2D eigenvalue weighted by molar-refractivity contribution is 5.82. The van der Waals surface area contributed by atoms with Crippen molar-refractivity contribution in [1.29, 1.82) is 0 Å². The first-order chi connectivity index (χ1) is 8.24. The highest BCUT2D eigenvalue weighted by Crippen LogP contribution is 2.28. The molecule has 1 aromatic carbocycles. The van der Waals surface area contributed by atoms with Gasteiger partial charge in [-0.3, -0.25) is 4.79 Å². The van der Waals surface area contributed by atoms with E-state index in [1.54, 1.807) is 0 Å². The van der Waals surface area contributed by atoms with Crippen LogP contribution in [0.5, 0.6) is 0 Å². The van der Waals surface area contributed by atoms with Crippen molar-refractivity contribution in [2.24, 2.45) is 11.8 Å². The number of fused-ring (bicyclic) bond motifs is 1. The summed E-state index contributed by atoms with van der Waals surface area (Å²) in [7, 11) is 0. The first-order valence-corrected chi connectivity index (χ1v) is 6.29. The van der Waals surface area contributed by atoms with Crippen molar-refractivity contribution in [2.45, 2.75) is 13.5 Å². The number of carbonyl (C=O) groups excluding carboxylic acids is 1.